The van der Waals surface area contributed by atoms with Gasteiger partial charge in [0, 0.05) is 37.8 Å². The van der Waals surface area contributed by atoms with E-state index in [2.05, 4.69) is 11.0 Å². The Morgan fingerprint density at radius 1 is 0.854 bits per heavy atom. The number of benzene rings is 3. The Morgan fingerprint density at radius 3 is 2.27 bits per heavy atom. The highest BCUT2D eigenvalue weighted by Gasteiger charge is 2.42. The molecule has 41 heavy (non-hydrogen) atoms. The summed E-state index contributed by atoms with van der Waals surface area (Å²) in [6.07, 6.45) is 6.51. The van der Waals surface area contributed by atoms with Crippen molar-refractivity contribution in [2.75, 3.05) is 53.2 Å². The highest BCUT2D eigenvalue weighted by Crippen LogP contribution is 2.47. The Kier molecular flexibility index (Phi) is 10.7. The fraction of sp³-hybridized carbons (Fsp3) is 0.486. The van der Waals surface area contributed by atoms with Crippen LogP contribution in [0.4, 0.5) is 0 Å². The van der Waals surface area contributed by atoms with Gasteiger partial charge in [-0.1, -0.05) is 67.1 Å². The number of likely N-dealkylation sites (tertiary alicyclic amines) is 1. The lowest BCUT2D eigenvalue weighted by Crippen LogP contribution is -2.36. The molecule has 0 aromatic heterocycles. The van der Waals surface area contributed by atoms with E-state index in [0.717, 1.165) is 73.9 Å². The molecule has 0 radical (unpaired) electrons. The Morgan fingerprint density at radius 2 is 1.54 bits per heavy atom. The van der Waals surface area contributed by atoms with Gasteiger partial charge >= 0.3 is 0 Å². The fourth-order valence-corrected chi connectivity index (χ4v) is 6.28. The van der Waals surface area contributed by atoms with Gasteiger partial charge in [-0.15, -0.1) is 0 Å². The van der Waals surface area contributed by atoms with Crippen LogP contribution in [0.15, 0.2) is 78.9 Å². The third kappa shape index (κ3) is 7.49. The lowest BCUT2D eigenvalue weighted by molar-refractivity contribution is -0.0412. The largest absolute Gasteiger partial charge is 0.496 e. The van der Waals surface area contributed by atoms with E-state index in [1.807, 2.05) is 72.8 Å². The van der Waals surface area contributed by atoms with E-state index in [0.29, 0.717) is 19.6 Å². The molecule has 1 N–H and O–H groups in total. The van der Waals surface area contributed by atoms with Gasteiger partial charge in [-0.05, 0) is 74.5 Å². The summed E-state index contributed by atoms with van der Waals surface area (Å²) in [5.74, 6) is 1.26. The molecule has 6 nitrogen and oxygen atoms in total. The minimum atomic E-state index is -1.32. The Bertz CT molecular complexity index is 1170. The van der Waals surface area contributed by atoms with Crippen LogP contribution >= 0.6 is 0 Å². The van der Waals surface area contributed by atoms with Crippen molar-refractivity contribution < 1.29 is 24.1 Å². The summed E-state index contributed by atoms with van der Waals surface area (Å²) in [5.41, 5.74) is 1.29. The number of piperidine rings is 1. The van der Waals surface area contributed by atoms with Gasteiger partial charge in [0.15, 0.2) is 0 Å². The van der Waals surface area contributed by atoms with E-state index in [1.54, 1.807) is 7.11 Å². The van der Waals surface area contributed by atoms with Crippen molar-refractivity contribution in [2.45, 2.75) is 56.1 Å². The molecule has 2 heterocycles. The topological polar surface area (TPSA) is 60.4 Å². The maximum Gasteiger partial charge on any atom is 0.122 e. The number of hydrogen-bond acceptors (Lipinski definition) is 6. The summed E-state index contributed by atoms with van der Waals surface area (Å²) in [7, 11) is 1.69. The molecule has 3 aromatic rings. The number of ether oxygens (including phenoxy) is 4. The number of hydrogen-bond donors (Lipinski definition) is 1. The second-order valence-corrected chi connectivity index (χ2v) is 11.2. The van der Waals surface area contributed by atoms with Crippen molar-refractivity contribution in [3.8, 4) is 11.5 Å². The lowest BCUT2D eigenvalue weighted by atomic mass is 9.71. The number of nitrogens with zero attached hydrogens (tertiary/aromatic N) is 1. The first kappa shape index (κ1) is 29.6. The SMILES string of the molecule is COc1ccccc1C(CCOC1CCOCC1)C(O)(c1ccccc1)c1ccc(OCCN2CCCCC2)cc1. The smallest absolute Gasteiger partial charge is 0.122 e. The molecule has 2 unspecified atom stereocenters. The minimum Gasteiger partial charge on any atom is -0.496 e. The van der Waals surface area contributed by atoms with E-state index >= 15 is 0 Å². The second kappa shape index (κ2) is 14.8. The molecule has 0 bridgehead atoms. The van der Waals surface area contributed by atoms with Crippen molar-refractivity contribution in [2.24, 2.45) is 0 Å². The van der Waals surface area contributed by atoms with Gasteiger partial charge in [-0.3, -0.25) is 4.90 Å². The van der Waals surface area contributed by atoms with Crippen LogP contribution in [0.5, 0.6) is 11.5 Å². The van der Waals surface area contributed by atoms with Gasteiger partial charge in [-0.25, -0.2) is 0 Å². The summed E-state index contributed by atoms with van der Waals surface area (Å²) >= 11 is 0. The predicted octanol–water partition coefficient (Wildman–Crippen LogP) is 6.17. The molecule has 5 rings (SSSR count). The van der Waals surface area contributed by atoms with Crippen LogP contribution in [-0.4, -0.2) is 69.3 Å². The molecular weight excluding hydrogens is 514 g/mol. The van der Waals surface area contributed by atoms with Gasteiger partial charge in [0.25, 0.3) is 0 Å². The number of methoxy groups -OCH3 is 1. The van der Waals surface area contributed by atoms with E-state index in [9.17, 15) is 5.11 Å². The van der Waals surface area contributed by atoms with Crippen molar-refractivity contribution in [1.82, 2.24) is 4.90 Å². The van der Waals surface area contributed by atoms with E-state index in [4.69, 9.17) is 18.9 Å². The van der Waals surface area contributed by atoms with Crippen molar-refractivity contribution >= 4 is 0 Å². The Labute approximate surface area is 245 Å². The average molecular weight is 560 g/mol. The van der Waals surface area contributed by atoms with E-state index in [1.165, 1.54) is 19.3 Å². The first-order valence-corrected chi connectivity index (χ1v) is 15.2. The molecule has 3 aromatic carbocycles. The molecule has 6 heteroatoms. The second-order valence-electron chi connectivity index (χ2n) is 11.2. The van der Waals surface area contributed by atoms with Crippen molar-refractivity contribution in [3.63, 3.8) is 0 Å². The molecule has 2 saturated heterocycles. The van der Waals surface area contributed by atoms with Gasteiger partial charge < -0.3 is 24.1 Å². The van der Waals surface area contributed by atoms with Gasteiger partial charge in [-0.2, -0.15) is 0 Å². The van der Waals surface area contributed by atoms with Crippen molar-refractivity contribution in [1.29, 1.82) is 0 Å². The summed E-state index contributed by atoms with van der Waals surface area (Å²) in [4.78, 5) is 2.48. The van der Waals surface area contributed by atoms with Crippen LogP contribution in [0.1, 0.15) is 61.1 Å². The highest BCUT2D eigenvalue weighted by molar-refractivity contribution is 5.47. The van der Waals surface area contributed by atoms with Crippen LogP contribution in [0, 0.1) is 0 Å². The average Bonchev–Trinajstić information content (AvgIpc) is 3.04. The zero-order valence-corrected chi connectivity index (χ0v) is 24.4. The van der Waals surface area contributed by atoms with Crippen LogP contribution in [0.3, 0.4) is 0 Å². The summed E-state index contributed by atoms with van der Waals surface area (Å²) in [5, 5.41) is 12.9. The standard InChI is InChI=1S/C35H45NO5/c1-38-34-13-7-6-12-32(34)33(20-26-40-31-18-24-39-25-19-31)35(37,28-10-4-2-5-11-28)29-14-16-30(17-15-29)41-27-23-36-21-8-3-9-22-36/h2,4-7,10-17,31,33,37H,3,8-9,18-27H2,1H3. The molecule has 2 aliphatic rings. The minimum absolute atomic E-state index is 0.188. The normalized spacial score (nSPS) is 18.9. The molecule has 2 atom stereocenters. The first-order valence-electron chi connectivity index (χ1n) is 15.2. The Hall–Kier alpha value is -2.90. The predicted molar refractivity (Wildman–Crippen MR) is 162 cm³/mol. The highest BCUT2D eigenvalue weighted by atomic mass is 16.5. The molecule has 0 amide bonds. The molecule has 2 fully saturated rings. The van der Waals surface area contributed by atoms with Crippen molar-refractivity contribution in [3.05, 3.63) is 95.6 Å². The third-order valence-electron chi connectivity index (χ3n) is 8.58. The van der Waals surface area contributed by atoms with Crippen LogP contribution in [0.25, 0.3) is 0 Å². The van der Waals surface area contributed by atoms with Crippen LogP contribution in [-0.2, 0) is 15.1 Å². The molecule has 0 aliphatic carbocycles. The van der Waals surface area contributed by atoms with E-state index in [-0.39, 0.29) is 12.0 Å². The van der Waals surface area contributed by atoms with Gasteiger partial charge in [0.2, 0.25) is 0 Å². The fourth-order valence-electron chi connectivity index (χ4n) is 6.28. The third-order valence-corrected chi connectivity index (χ3v) is 8.58. The number of aliphatic hydroxyl groups is 1. The summed E-state index contributed by atoms with van der Waals surface area (Å²) in [6, 6.07) is 25.9. The molecule has 0 spiro atoms. The zero-order valence-electron chi connectivity index (χ0n) is 24.4. The molecule has 2 aliphatic heterocycles. The maximum atomic E-state index is 12.9. The molecule has 0 saturated carbocycles. The zero-order chi connectivity index (χ0) is 28.3. The lowest BCUT2D eigenvalue weighted by Gasteiger charge is -2.39. The van der Waals surface area contributed by atoms with Gasteiger partial charge in [0.05, 0.1) is 13.2 Å². The summed E-state index contributed by atoms with van der Waals surface area (Å²) in [6.45, 7) is 5.93. The number of rotatable bonds is 13. The Balaban J connectivity index is 1.41. The van der Waals surface area contributed by atoms with Gasteiger partial charge in [0.1, 0.15) is 23.7 Å². The van der Waals surface area contributed by atoms with Crippen LogP contribution < -0.4 is 9.47 Å². The summed E-state index contributed by atoms with van der Waals surface area (Å²) < 4.78 is 23.8. The maximum absolute atomic E-state index is 12.9. The molecular formula is C35H45NO5. The quantitative estimate of drug-likeness (QED) is 0.271. The monoisotopic (exact) mass is 559 g/mol. The molecule has 220 valence electrons. The first-order chi connectivity index (χ1) is 20.2. The van der Waals surface area contributed by atoms with E-state index < -0.39 is 5.60 Å². The van der Waals surface area contributed by atoms with Crippen LogP contribution in [0.2, 0.25) is 0 Å². The number of para-hydroxylation sites is 1.